The molecule has 3 nitrogen and oxygen atoms in total. The Bertz CT molecular complexity index is 396. The molecule has 0 spiro atoms. The topological polar surface area (TPSA) is 49.7 Å². The minimum absolute atomic E-state index is 0.0718. The molecule has 0 aliphatic heterocycles. The molecular formula is C14H19FO3. The summed E-state index contributed by atoms with van der Waals surface area (Å²) in [6.45, 7) is 0.251. The second-order valence-electron chi connectivity index (χ2n) is 4.86. The largest absolute Gasteiger partial charge is 0.396 e. The molecule has 0 heterocycles. The van der Waals surface area contributed by atoms with Crippen LogP contribution in [0.4, 0.5) is 4.39 Å². The van der Waals surface area contributed by atoms with Crippen molar-refractivity contribution in [3.05, 3.63) is 35.6 Å². The van der Waals surface area contributed by atoms with Crippen molar-refractivity contribution < 1.29 is 19.3 Å². The summed E-state index contributed by atoms with van der Waals surface area (Å²) in [5, 5.41) is 19.0. The number of ether oxygens (including phenoxy) is 1. The van der Waals surface area contributed by atoms with Crippen LogP contribution in [0.5, 0.6) is 0 Å². The first-order chi connectivity index (χ1) is 8.65. The van der Waals surface area contributed by atoms with Crippen LogP contribution in [0.15, 0.2) is 24.3 Å². The van der Waals surface area contributed by atoms with Crippen LogP contribution in [0.3, 0.4) is 0 Å². The smallest absolute Gasteiger partial charge is 0.128 e. The maximum absolute atomic E-state index is 13.4. The Morgan fingerprint density at radius 1 is 1.39 bits per heavy atom. The van der Waals surface area contributed by atoms with E-state index in [1.807, 2.05) is 0 Å². The SMILES string of the molecule is OCCC[C@@]1(O)CC[C@H]1OCc1ccccc1F. The van der Waals surface area contributed by atoms with Crippen molar-refractivity contribution in [2.45, 2.75) is 44.0 Å². The highest BCUT2D eigenvalue weighted by Gasteiger charge is 2.45. The van der Waals surface area contributed by atoms with Gasteiger partial charge in [-0.05, 0) is 31.7 Å². The quantitative estimate of drug-likeness (QED) is 0.816. The molecule has 100 valence electrons. The van der Waals surface area contributed by atoms with Gasteiger partial charge in [0.15, 0.2) is 0 Å². The molecule has 2 rings (SSSR count). The van der Waals surface area contributed by atoms with E-state index in [0.717, 1.165) is 6.42 Å². The number of halogens is 1. The zero-order chi connectivity index (χ0) is 13.0. The van der Waals surface area contributed by atoms with Crippen LogP contribution in [-0.2, 0) is 11.3 Å². The highest BCUT2D eigenvalue weighted by atomic mass is 19.1. The average Bonchev–Trinajstić information content (AvgIpc) is 2.37. The van der Waals surface area contributed by atoms with Gasteiger partial charge < -0.3 is 14.9 Å². The van der Waals surface area contributed by atoms with Gasteiger partial charge in [0.2, 0.25) is 0 Å². The van der Waals surface area contributed by atoms with Crippen molar-refractivity contribution in [2.75, 3.05) is 6.61 Å². The molecule has 1 aliphatic rings. The third kappa shape index (κ3) is 2.88. The van der Waals surface area contributed by atoms with Gasteiger partial charge in [0, 0.05) is 12.2 Å². The molecule has 4 heteroatoms. The van der Waals surface area contributed by atoms with Crippen LogP contribution in [0.2, 0.25) is 0 Å². The Labute approximate surface area is 106 Å². The molecule has 1 saturated carbocycles. The molecule has 1 aliphatic carbocycles. The van der Waals surface area contributed by atoms with Crippen LogP contribution in [0.1, 0.15) is 31.2 Å². The molecule has 0 saturated heterocycles. The summed E-state index contributed by atoms with van der Waals surface area (Å²) in [6.07, 6.45) is 2.33. The first-order valence-corrected chi connectivity index (χ1v) is 6.34. The first-order valence-electron chi connectivity index (χ1n) is 6.34. The highest BCUT2D eigenvalue weighted by molar-refractivity contribution is 5.16. The Morgan fingerprint density at radius 2 is 2.17 bits per heavy atom. The third-order valence-corrected chi connectivity index (χ3v) is 3.60. The number of aliphatic hydroxyl groups excluding tert-OH is 1. The van der Waals surface area contributed by atoms with E-state index in [0.29, 0.717) is 24.8 Å². The monoisotopic (exact) mass is 254 g/mol. The number of hydrogen-bond donors (Lipinski definition) is 2. The lowest BCUT2D eigenvalue weighted by Crippen LogP contribution is -2.52. The van der Waals surface area contributed by atoms with Crippen LogP contribution in [0, 0.1) is 5.82 Å². The molecule has 1 aromatic rings. The lowest BCUT2D eigenvalue weighted by atomic mass is 9.74. The number of benzene rings is 1. The second-order valence-corrected chi connectivity index (χ2v) is 4.86. The van der Waals surface area contributed by atoms with Crippen molar-refractivity contribution in [3.8, 4) is 0 Å². The standard InChI is InChI=1S/C14H19FO3/c15-12-5-2-1-4-11(12)10-18-13-6-8-14(13,17)7-3-9-16/h1-2,4-5,13,16-17H,3,6-10H2/t13-,14-/m1/s1. The zero-order valence-corrected chi connectivity index (χ0v) is 10.3. The third-order valence-electron chi connectivity index (χ3n) is 3.60. The van der Waals surface area contributed by atoms with Gasteiger partial charge in [0.1, 0.15) is 5.82 Å². The summed E-state index contributed by atoms with van der Waals surface area (Å²) >= 11 is 0. The molecule has 1 fully saturated rings. The minimum atomic E-state index is -0.839. The molecule has 0 bridgehead atoms. The molecule has 2 atom stereocenters. The van der Waals surface area contributed by atoms with Crippen molar-refractivity contribution >= 4 is 0 Å². The molecule has 0 amide bonds. The van der Waals surface area contributed by atoms with Crippen LogP contribution >= 0.6 is 0 Å². The average molecular weight is 254 g/mol. The predicted octanol–water partition coefficient (Wildman–Crippen LogP) is 2.01. The molecule has 0 aromatic heterocycles. The Hall–Kier alpha value is -0.970. The maximum Gasteiger partial charge on any atom is 0.128 e. The van der Waals surface area contributed by atoms with Crippen molar-refractivity contribution in [2.24, 2.45) is 0 Å². The summed E-state index contributed by atoms with van der Waals surface area (Å²) in [5.41, 5.74) is -0.331. The van der Waals surface area contributed by atoms with E-state index in [9.17, 15) is 9.50 Å². The Balaban J connectivity index is 1.86. The fourth-order valence-corrected chi connectivity index (χ4v) is 2.31. The fourth-order valence-electron chi connectivity index (χ4n) is 2.31. The highest BCUT2D eigenvalue weighted by Crippen LogP contribution is 2.38. The molecule has 0 unspecified atom stereocenters. The van der Waals surface area contributed by atoms with E-state index < -0.39 is 5.60 Å². The van der Waals surface area contributed by atoms with E-state index >= 15 is 0 Å². The van der Waals surface area contributed by atoms with E-state index in [4.69, 9.17) is 9.84 Å². The van der Waals surface area contributed by atoms with Crippen molar-refractivity contribution in [3.63, 3.8) is 0 Å². The summed E-state index contributed by atoms with van der Waals surface area (Å²) in [4.78, 5) is 0. The van der Waals surface area contributed by atoms with E-state index in [1.54, 1.807) is 18.2 Å². The summed E-state index contributed by atoms with van der Waals surface area (Å²) in [7, 11) is 0. The molecule has 0 radical (unpaired) electrons. The molecule has 1 aromatic carbocycles. The van der Waals surface area contributed by atoms with Crippen molar-refractivity contribution in [1.82, 2.24) is 0 Å². The van der Waals surface area contributed by atoms with Gasteiger partial charge in [-0.3, -0.25) is 0 Å². The zero-order valence-electron chi connectivity index (χ0n) is 10.3. The fraction of sp³-hybridized carbons (Fsp3) is 0.571. The van der Waals surface area contributed by atoms with Gasteiger partial charge in [-0.25, -0.2) is 4.39 Å². The second kappa shape index (κ2) is 5.78. The maximum atomic E-state index is 13.4. The minimum Gasteiger partial charge on any atom is -0.396 e. The first kappa shape index (κ1) is 13.5. The normalized spacial score (nSPS) is 26.9. The molecule has 2 N–H and O–H groups in total. The van der Waals surface area contributed by atoms with Crippen LogP contribution in [-0.4, -0.2) is 28.5 Å². The van der Waals surface area contributed by atoms with Gasteiger partial charge in [0.25, 0.3) is 0 Å². The van der Waals surface area contributed by atoms with Gasteiger partial charge in [-0.1, -0.05) is 18.2 Å². The molecule has 18 heavy (non-hydrogen) atoms. The number of hydrogen-bond acceptors (Lipinski definition) is 3. The molecular weight excluding hydrogens is 235 g/mol. The van der Waals surface area contributed by atoms with E-state index in [-0.39, 0.29) is 25.1 Å². The lowest BCUT2D eigenvalue weighted by Gasteiger charge is -2.45. The van der Waals surface area contributed by atoms with Gasteiger partial charge >= 0.3 is 0 Å². The summed E-state index contributed by atoms with van der Waals surface area (Å²) in [5.74, 6) is -0.282. The predicted molar refractivity (Wildman–Crippen MR) is 65.5 cm³/mol. The number of rotatable bonds is 6. The summed E-state index contributed by atoms with van der Waals surface area (Å²) < 4.78 is 19.0. The lowest BCUT2D eigenvalue weighted by molar-refractivity contribution is -0.182. The van der Waals surface area contributed by atoms with E-state index in [2.05, 4.69) is 0 Å². The van der Waals surface area contributed by atoms with Crippen LogP contribution < -0.4 is 0 Å². The van der Waals surface area contributed by atoms with Gasteiger partial charge in [0.05, 0.1) is 18.3 Å². The summed E-state index contributed by atoms with van der Waals surface area (Å²) in [6, 6.07) is 6.48. The number of aliphatic hydroxyl groups is 2. The van der Waals surface area contributed by atoms with Crippen molar-refractivity contribution in [1.29, 1.82) is 0 Å². The van der Waals surface area contributed by atoms with Gasteiger partial charge in [-0.2, -0.15) is 0 Å². The Morgan fingerprint density at radius 3 is 2.78 bits per heavy atom. The Kier molecular flexibility index (Phi) is 4.32. The van der Waals surface area contributed by atoms with E-state index in [1.165, 1.54) is 6.07 Å². The van der Waals surface area contributed by atoms with Crippen LogP contribution in [0.25, 0.3) is 0 Å². The van der Waals surface area contributed by atoms with Gasteiger partial charge in [-0.15, -0.1) is 0 Å².